The standard InChI is InChI=1S/C28H32N6O3/c1-17(2)33(27(35)21-7-5-18(3)6-8-21)26-23(28(36)37)16-32(31-26)22-11-9-20(10-12-22)24-15-25-29-14-13-19(4)34(25)30-24/h9-18,21H,5-8H2,1-4H3,(H,36,37). The number of fused-ring (bicyclic) bond motifs is 1. The lowest BCUT2D eigenvalue weighted by Crippen LogP contribution is -2.43. The number of rotatable bonds is 6. The largest absolute Gasteiger partial charge is 0.477 e. The van der Waals surface area contributed by atoms with Gasteiger partial charge < -0.3 is 5.11 Å². The number of anilines is 1. The zero-order valence-electron chi connectivity index (χ0n) is 21.6. The topological polar surface area (TPSA) is 106 Å². The first-order chi connectivity index (χ1) is 17.7. The van der Waals surface area contributed by atoms with Gasteiger partial charge in [-0.1, -0.05) is 19.1 Å². The van der Waals surface area contributed by atoms with E-state index >= 15 is 0 Å². The number of nitrogens with zero attached hydrogens (tertiary/aromatic N) is 6. The van der Waals surface area contributed by atoms with E-state index in [1.165, 1.54) is 10.9 Å². The molecule has 0 unspecified atom stereocenters. The van der Waals surface area contributed by atoms with Crippen molar-refractivity contribution in [1.29, 1.82) is 0 Å². The van der Waals surface area contributed by atoms with Gasteiger partial charge in [-0.3, -0.25) is 9.69 Å². The molecule has 1 fully saturated rings. The van der Waals surface area contributed by atoms with E-state index in [-0.39, 0.29) is 29.2 Å². The Kier molecular flexibility index (Phi) is 6.54. The van der Waals surface area contributed by atoms with Crippen LogP contribution >= 0.6 is 0 Å². The zero-order chi connectivity index (χ0) is 26.3. The summed E-state index contributed by atoms with van der Waals surface area (Å²) in [6.45, 7) is 7.98. The van der Waals surface area contributed by atoms with Crippen LogP contribution in [0.15, 0.2) is 48.8 Å². The van der Waals surface area contributed by atoms with Crippen LogP contribution in [-0.2, 0) is 4.79 Å². The van der Waals surface area contributed by atoms with Crippen LogP contribution in [-0.4, -0.2) is 47.4 Å². The molecule has 1 saturated carbocycles. The molecule has 1 aliphatic carbocycles. The van der Waals surface area contributed by atoms with Gasteiger partial charge in [0.25, 0.3) is 0 Å². The van der Waals surface area contributed by atoms with Crippen molar-refractivity contribution in [3.05, 3.63) is 60.0 Å². The van der Waals surface area contributed by atoms with Crippen LogP contribution in [0.2, 0.25) is 0 Å². The number of benzene rings is 1. The number of amides is 1. The Balaban J connectivity index is 1.46. The number of aromatic carboxylic acids is 1. The van der Waals surface area contributed by atoms with Crippen molar-refractivity contribution >= 4 is 23.3 Å². The molecule has 5 rings (SSSR count). The Morgan fingerprint density at radius 2 is 1.76 bits per heavy atom. The molecule has 1 N–H and O–H groups in total. The van der Waals surface area contributed by atoms with E-state index in [1.807, 2.05) is 57.2 Å². The maximum atomic E-state index is 13.5. The summed E-state index contributed by atoms with van der Waals surface area (Å²) in [4.78, 5) is 31.6. The lowest BCUT2D eigenvalue weighted by atomic mass is 9.82. The molecule has 0 bridgehead atoms. The van der Waals surface area contributed by atoms with Crippen molar-refractivity contribution in [3.8, 4) is 16.9 Å². The summed E-state index contributed by atoms with van der Waals surface area (Å²) in [6, 6.07) is 11.2. The molecule has 0 aliphatic heterocycles. The van der Waals surface area contributed by atoms with E-state index in [9.17, 15) is 14.7 Å². The van der Waals surface area contributed by atoms with Gasteiger partial charge in [0.15, 0.2) is 11.5 Å². The minimum atomic E-state index is -1.11. The van der Waals surface area contributed by atoms with Gasteiger partial charge in [-0.05, 0) is 70.6 Å². The van der Waals surface area contributed by atoms with Crippen molar-refractivity contribution in [2.24, 2.45) is 11.8 Å². The van der Waals surface area contributed by atoms with E-state index in [0.717, 1.165) is 48.3 Å². The molecule has 1 aliphatic rings. The van der Waals surface area contributed by atoms with Crippen molar-refractivity contribution in [1.82, 2.24) is 24.4 Å². The molecule has 9 heteroatoms. The van der Waals surface area contributed by atoms with Crippen LogP contribution in [0.25, 0.3) is 22.6 Å². The molecule has 0 spiro atoms. The fourth-order valence-electron chi connectivity index (χ4n) is 5.07. The molecular formula is C28H32N6O3. The molecular weight excluding hydrogens is 468 g/mol. The number of aryl methyl sites for hydroxylation is 1. The first-order valence-corrected chi connectivity index (χ1v) is 12.8. The molecule has 0 atom stereocenters. The van der Waals surface area contributed by atoms with Crippen LogP contribution in [0, 0.1) is 18.8 Å². The Morgan fingerprint density at radius 3 is 2.38 bits per heavy atom. The highest BCUT2D eigenvalue weighted by molar-refractivity contribution is 6.01. The third kappa shape index (κ3) is 4.73. The third-order valence-corrected chi connectivity index (χ3v) is 7.25. The van der Waals surface area contributed by atoms with E-state index in [1.54, 1.807) is 15.6 Å². The molecule has 1 aromatic carbocycles. The highest BCUT2D eigenvalue weighted by Crippen LogP contribution is 2.33. The van der Waals surface area contributed by atoms with Crippen molar-refractivity contribution < 1.29 is 14.7 Å². The van der Waals surface area contributed by atoms with Gasteiger partial charge in [0.2, 0.25) is 5.91 Å². The molecule has 1 amide bonds. The SMILES string of the molecule is Cc1ccnc2cc(-c3ccc(-n4cc(C(=O)O)c(N(C(=O)C5CCC(C)CC5)C(C)C)n4)cc3)nn12. The second kappa shape index (κ2) is 9.80. The average molecular weight is 501 g/mol. The van der Waals surface area contributed by atoms with E-state index in [0.29, 0.717) is 11.6 Å². The summed E-state index contributed by atoms with van der Waals surface area (Å²) < 4.78 is 3.33. The Labute approximate surface area is 215 Å². The number of aromatic nitrogens is 5. The fourth-order valence-corrected chi connectivity index (χ4v) is 5.07. The smallest absolute Gasteiger partial charge is 0.341 e. The van der Waals surface area contributed by atoms with E-state index in [2.05, 4.69) is 22.1 Å². The molecule has 0 saturated heterocycles. The number of hydrogen-bond acceptors (Lipinski definition) is 5. The van der Waals surface area contributed by atoms with Gasteiger partial charge in [-0.15, -0.1) is 5.10 Å². The Morgan fingerprint density at radius 1 is 1.05 bits per heavy atom. The van der Waals surface area contributed by atoms with Gasteiger partial charge >= 0.3 is 5.97 Å². The molecule has 37 heavy (non-hydrogen) atoms. The number of hydrogen-bond donors (Lipinski definition) is 1. The third-order valence-electron chi connectivity index (χ3n) is 7.25. The summed E-state index contributed by atoms with van der Waals surface area (Å²) in [7, 11) is 0. The minimum Gasteiger partial charge on any atom is -0.477 e. The van der Waals surface area contributed by atoms with Gasteiger partial charge in [0.1, 0.15) is 5.56 Å². The van der Waals surface area contributed by atoms with Gasteiger partial charge in [0.05, 0.1) is 11.4 Å². The zero-order valence-corrected chi connectivity index (χ0v) is 21.6. The second-order valence-corrected chi connectivity index (χ2v) is 10.3. The van der Waals surface area contributed by atoms with Crippen LogP contribution in [0.3, 0.4) is 0 Å². The Bertz CT molecular complexity index is 1440. The lowest BCUT2D eigenvalue weighted by Gasteiger charge is -2.32. The summed E-state index contributed by atoms with van der Waals surface area (Å²) in [5, 5.41) is 19.2. The lowest BCUT2D eigenvalue weighted by molar-refractivity contribution is -0.124. The van der Waals surface area contributed by atoms with Gasteiger partial charge in [-0.2, -0.15) is 5.10 Å². The van der Waals surface area contributed by atoms with Crippen LogP contribution < -0.4 is 4.90 Å². The van der Waals surface area contributed by atoms with Crippen LogP contribution in [0.4, 0.5) is 5.82 Å². The summed E-state index contributed by atoms with van der Waals surface area (Å²) >= 11 is 0. The number of carbonyl (C=O) groups is 2. The predicted octanol–water partition coefficient (Wildman–Crippen LogP) is 5.16. The molecule has 4 aromatic rings. The molecule has 9 nitrogen and oxygen atoms in total. The summed E-state index contributed by atoms with van der Waals surface area (Å²) in [5.74, 6) is -0.443. The summed E-state index contributed by atoms with van der Waals surface area (Å²) in [6.07, 6.45) is 6.91. The second-order valence-electron chi connectivity index (χ2n) is 10.3. The fraction of sp³-hybridized carbons (Fsp3) is 0.393. The normalized spacial score (nSPS) is 17.9. The highest BCUT2D eigenvalue weighted by atomic mass is 16.4. The average Bonchev–Trinajstić information content (AvgIpc) is 3.50. The van der Waals surface area contributed by atoms with Crippen LogP contribution in [0.1, 0.15) is 62.5 Å². The van der Waals surface area contributed by atoms with Crippen molar-refractivity contribution in [3.63, 3.8) is 0 Å². The first kappa shape index (κ1) is 24.7. The number of carboxylic acid groups (broad SMARTS) is 1. The first-order valence-electron chi connectivity index (χ1n) is 12.8. The highest BCUT2D eigenvalue weighted by Gasteiger charge is 2.34. The van der Waals surface area contributed by atoms with Gasteiger partial charge in [-0.25, -0.2) is 19.0 Å². The maximum Gasteiger partial charge on any atom is 0.341 e. The van der Waals surface area contributed by atoms with Gasteiger partial charge in [0, 0.05) is 41.7 Å². The monoisotopic (exact) mass is 500 g/mol. The minimum absolute atomic E-state index is 0.0113. The number of carboxylic acids is 1. The van der Waals surface area contributed by atoms with Crippen molar-refractivity contribution in [2.45, 2.75) is 59.4 Å². The maximum absolute atomic E-state index is 13.5. The van der Waals surface area contributed by atoms with E-state index < -0.39 is 5.97 Å². The molecule has 3 aromatic heterocycles. The quantitative estimate of drug-likeness (QED) is 0.392. The number of carbonyl (C=O) groups excluding carboxylic acids is 1. The molecule has 192 valence electrons. The summed E-state index contributed by atoms with van der Waals surface area (Å²) in [5.41, 5.74) is 4.16. The van der Waals surface area contributed by atoms with Crippen LogP contribution in [0.5, 0.6) is 0 Å². The van der Waals surface area contributed by atoms with Crippen molar-refractivity contribution in [2.75, 3.05) is 4.90 Å². The predicted molar refractivity (Wildman–Crippen MR) is 141 cm³/mol. The van der Waals surface area contributed by atoms with E-state index in [4.69, 9.17) is 0 Å². The molecule has 0 radical (unpaired) electrons. The molecule has 3 heterocycles. The Hall–Kier alpha value is -4.01.